The number of nitro groups is 3. The van der Waals surface area contributed by atoms with Crippen LogP contribution >= 0.6 is 27.5 Å². The predicted octanol–water partition coefficient (Wildman–Crippen LogP) is 17.4. The number of terminal acetylenes is 2. The second kappa shape index (κ2) is 41.1. The zero-order chi connectivity index (χ0) is 75.1. The largest absolute Gasteiger partial charge is 0.397 e. The molecule has 0 unspecified atom stereocenters. The van der Waals surface area contributed by atoms with E-state index in [1.165, 1.54) is 39.4 Å². The van der Waals surface area contributed by atoms with E-state index < -0.39 is 26.3 Å². The first-order chi connectivity index (χ1) is 48.5. The number of aromatic nitrogens is 9. The Morgan fingerprint density at radius 1 is 0.510 bits per heavy atom. The third-order valence-corrected chi connectivity index (χ3v) is 16.4. The summed E-state index contributed by atoms with van der Waals surface area (Å²) in [6.07, 6.45) is 18.4. The Hall–Kier alpha value is -10.4. The van der Waals surface area contributed by atoms with Gasteiger partial charge in [0.15, 0.2) is 11.4 Å². The summed E-state index contributed by atoms with van der Waals surface area (Å²) in [6.45, 7) is 23.6. The number of nitro benzene ring substituents is 2. The van der Waals surface area contributed by atoms with E-state index in [1.54, 1.807) is 48.2 Å². The molecule has 0 spiro atoms. The van der Waals surface area contributed by atoms with Crippen LogP contribution < -0.4 is 27.8 Å². The minimum atomic E-state index is -0.830. The van der Waals surface area contributed by atoms with Crippen molar-refractivity contribution in [2.75, 3.05) is 27.8 Å². The zero-order valence-corrected chi connectivity index (χ0v) is 67.2. The monoisotopic (exact) mass is 1630 g/mol. The van der Waals surface area contributed by atoms with E-state index >= 15 is 0 Å². The van der Waals surface area contributed by atoms with Crippen molar-refractivity contribution in [2.45, 2.75) is 83.1 Å². The number of anilines is 7. The number of hydrogen-bond acceptors (Lipinski definition) is 17. The van der Waals surface area contributed by atoms with Crippen molar-refractivity contribution >= 4 is 101 Å². The zero-order valence-electron chi connectivity index (χ0n) is 59.2. The number of fused-ring (bicyclic) bond motifs is 3. The van der Waals surface area contributed by atoms with Crippen molar-refractivity contribution in [1.82, 2.24) is 43.8 Å². The van der Waals surface area contributed by atoms with Gasteiger partial charge in [-0.25, -0.2) is 32.9 Å². The third-order valence-electron chi connectivity index (χ3n) is 15.3. The normalized spacial score (nSPS) is 9.86. The van der Waals surface area contributed by atoms with Gasteiger partial charge in [-0.1, -0.05) is 87.9 Å². The van der Waals surface area contributed by atoms with Gasteiger partial charge in [-0.15, -0.1) is 25.0 Å². The molecule has 104 heavy (non-hydrogen) atoms. The number of pyridine rings is 6. The minimum Gasteiger partial charge on any atom is -0.397 e. The van der Waals surface area contributed by atoms with Gasteiger partial charge in [0, 0.05) is 115 Å². The van der Waals surface area contributed by atoms with Crippen LogP contribution in [0, 0.1) is 156 Å². The van der Waals surface area contributed by atoms with E-state index in [-0.39, 0.29) is 81.9 Å². The number of nitrogen functional groups attached to an aromatic ring is 3. The SMILES string of the molecule is C#Cc1cc(C)c(N)c(C)n1.C#Cc1cc(C)c(N)cn1.Cc1cc(Cl)ncc1[N+](=O)[O-].Cc1cc2ccnn2c(C)c1N.Cc1cc2ccnn2c(C)c1Nc1cc[c-]cc1[N+](=O)[O-].Cc1ccccc1Br.Cc1ccccc1Nc1c(C)cc2ccnn2c1C.O=[N+]([O-])c1c[c-]ccc1F.[Y].[Y]. The molecule has 0 bridgehead atoms. The van der Waals surface area contributed by atoms with Gasteiger partial charge in [0.2, 0.25) is 0 Å². The summed E-state index contributed by atoms with van der Waals surface area (Å²) >= 11 is 8.88. The molecular formula is C76H74BrClFN17O6Y2-2. The molecule has 0 saturated carbocycles. The molecular weight excluding hydrogens is 1560 g/mol. The van der Waals surface area contributed by atoms with E-state index in [1.807, 2.05) is 124 Å². The molecule has 13 rings (SSSR count). The molecule has 13 aromatic rings. The van der Waals surface area contributed by atoms with E-state index in [0.717, 1.165) is 108 Å². The maximum atomic E-state index is 12.4. The second-order valence-electron chi connectivity index (χ2n) is 22.6. The number of benzene rings is 4. The summed E-state index contributed by atoms with van der Waals surface area (Å²) in [5.41, 5.74) is 38.9. The van der Waals surface area contributed by atoms with Crippen LogP contribution in [0.1, 0.15) is 78.7 Å². The fourth-order valence-electron chi connectivity index (χ4n) is 9.58. The number of nitrogens with one attached hydrogen (secondary N) is 2. The number of halogens is 3. The number of rotatable bonds is 7. The molecule has 0 saturated heterocycles. The quantitative estimate of drug-likeness (QED) is 0.0325. The molecule has 0 aliphatic rings. The molecule has 0 aliphatic heterocycles. The summed E-state index contributed by atoms with van der Waals surface area (Å²) in [6, 6.07) is 46.7. The maximum absolute atomic E-state index is 12.4. The van der Waals surface area contributed by atoms with Crippen LogP contribution in [0.4, 0.5) is 61.3 Å². The maximum Gasteiger partial charge on any atom is 0.290 e. The topological polar surface area (TPSA) is 322 Å². The molecule has 0 atom stereocenters. The Kier molecular flexibility index (Phi) is 34.0. The number of aryl methyl sites for hydroxylation is 12. The summed E-state index contributed by atoms with van der Waals surface area (Å²) in [5.74, 6) is 4.07. The van der Waals surface area contributed by atoms with Crippen LogP contribution in [0.2, 0.25) is 5.15 Å². The van der Waals surface area contributed by atoms with Gasteiger partial charge in [0.1, 0.15) is 22.7 Å². The van der Waals surface area contributed by atoms with Crippen molar-refractivity contribution < 1.29 is 84.6 Å². The molecule has 0 amide bonds. The Labute approximate surface area is 666 Å². The predicted molar refractivity (Wildman–Crippen MR) is 407 cm³/mol. The molecule has 28 heteroatoms. The van der Waals surface area contributed by atoms with Gasteiger partial charge in [-0.2, -0.15) is 39.6 Å². The molecule has 8 N–H and O–H groups in total. The summed E-state index contributed by atoms with van der Waals surface area (Å²) in [4.78, 5) is 41.2. The van der Waals surface area contributed by atoms with Crippen LogP contribution in [0.25, 0.3) is 16.6 Å². The first-order valence-corrected chi connectivity index (χ1v) is 32.1. The van der Waals surface area contributed by atoms with Gasteiger partial charge in [0.05, 0.1) is 84.7 Å². The molecule has 2 radical (unpaired) electrons. The molecule has 23 nitrogen and oxygen atoms in total. The van der Waals surface area contributed by atoms with Crippen LogP contribution in [0.5, 0.6) is 0 Å². The Balaban J connectivity index is 0.000000256. The third kappa shape index (κ3) is 23.9. The number of nitrogens with two attached hydrogens (primary N) is 3. The van der Waals surface area contributed by atoms with Gasteiger partial charge in [0.25, 0.3) is 5.69 Å². The van der Waals surface area contributed by atoms with Gasteiger partial charge in [-0.3, -0.25) is 30.3 Å². The van der Waals surface area contributed by atoms with Crippen LogP contribution in [-0.4, -0.2) is 58.6 Å². The number of hydrogen-bond donors (Lipinski definition) is 5. The first kappa shape index (κ1) is 86.0. The van der Waals surface area contributed by atoms with E-state index in [0.29, 0.717) is 28.3 Å². The van der Waals surface area contributed by atoms with Gasteiger partial charge in [-0.05, 0) is 189 Å². The van der Waals surface area contributed by atoms with Crippen LogP contribution in [-0.2, 0) is 65.4 Å². The Morgan fingerprint density at radius 2 is 0.971 bits per heavy atom. The molecule has 0 fully saturated rings. The molecule has 9 heterocycles. The molecule has 528 valence electrons. The number of nitrogens with zero attached hydrogens (tertiary/aromatic N) is 12. The summed E-state index contributed by atoms with van der Waals surface area (Å²) < 4.78 is 19.2. The van der Waals surface area contributed by atoms with Crippen molar-refractivity contribution in [3.05, 3.63) is 307 Å². The van der Waals surface area contributed by atoms with E-state index in [2.05, 4.69) is 139 Å². The fraction of sp³-hybridized carbons (Fsp3) is 0.158. The first-order valence-electron chi connectivity index (χ1n) is 30.9. The van der Waals surface area contributed by atoms with E-state index in [9.17, 15) is 34.7 Å². The van der Waals surface area contributed by atoms with Crippen molar-refractivity contribution in [1.29, 1.82) is 0 Å². The van der Waals surface area contributed by atoms with Gasteiger partial charge >= 0.3 is 0 Å². The number of para-hydroxylation sites is 1. The molecule has 4 aromatic carbocycles. The Bertz CT molecular complexity index is 5210. The van der Waals surface area contributed by atoms with Crippen LogP contribution in [0.15, 0.2) is 175 Å². The van der Waals surface area contributed by atoms with Gasteiger partial charge < -0.3 is 27.8 Å². The van der Waals surface area contributed by atoms with Crippen LogP contribution in [0.3, 0.4) is 0 Å². The van der Waals surface area contributed by atoms with Crippen molar-refractivity contribution in [3.63, 3.8) is 0 Å². The average molecular weight is 1630 g/mol. The molecule has 0 aliphatic carbocycles. The summed E-state index contributed by atoms with van der Waals surface area (Å²) in [7, 11) is 0. The van der Waals surface area contributed by atoms with Crippen molar-refractivity contribution in [3.8, 4) is 24.7 Å². The molecule has 9 aromatic heterocycles. The second-order valence-corrected chi connectivity index (χ2v) is 23.9. The smallest absolute Gasteiger partial charge is 0.290 e. The summed E-state index contributed by atoms with van der Waals surface area (Å²) in [5, 5.41) is 51.0. The van der Waals surface area contributed by atoms with Crippen molar-refractivity contribution in [2.24, 2.45) is 0 Å². The minimum absolute atomic E-state index is 0. The standard InChI is InChI=1S/C16H17N3.C15H13N4O2.C9H11N3.C9H10N2.C8H8N2.C7H7Br.C6H5ClN2O2.C6H3FNO2.2Y/c1-11-6-4-5-7-15(11)18-16-12(2)10-14-8-9-17-19(14)13(16)3;1-10-9-12-7-8-16-18(12)11(2)15(10)17-13-5-3-4-6-14(13)19(20)21;1-6-5-8-3-4-11-12(8)7(2)9(6)10;1-4-8-5-6(2)9(10)7(3)11-8;1-3-7-4-6(2)8(9)5-10-7;1-6-4-2-3-5-7(6)8;1-4-2-6(7)8-3-5(4)9(10)11;7-5-3-1-2-4-6(5)8(9)10;;/h4-10,18H,1-3H3;3,5-9,17H,1-2H3;3-5H,10H2,1-2H3;1,5H,10H2,2-3H3;1,4-5H,9H2,2H3;2-5H,1H3;2-3H,1H3;1,3-4H;;/q;-1;;;;;;-1;;. The fourth-order valence-corrected chi connectivity index (χ4v) is 10.1. The van der Waals surface area contributed by atoms with E-state index in [4.69, 9.17) is 41.6 Å². The average Bonchev–Trinajstić information content (AvgIpc) is 1.42. The Morgan fingerprint density at radius 3 is 1.42 bits per heavy atom.